The van der Waals surface area contributed by atoms with Gasteiger partial charge in [-0.1, -0.05) is 0 Å². The molecule has 1 fully saturated rings. The van der Waals surface area contributed by atoms with Crippen molar-refractivity contribution >= 4 is 17.5 Å². The number of hydrogen-bond acceptors (Lipinski definition) is 4. The van der Waals surface area contributed by atoms with Crippen molar-refractivity contribution in [3.05, 3.63) is 17.8 Å². The third kappa shape index (κ3) is 2.05. The van der Waals surface area contributed by atoms with E-state index in [0.717, 1.165) is 12.3 Å². The summed E-state index contributed by atoms with van der Waals surface area (Å²) in [7, 11) is 0. The van der Waals surface area contributed by atoms with Gasteiger partial charge < -0.3 is 16.2 Å². The largest absolute Gasteiger partial charge is 0.478 e. The van der Waals surface area contributed by atoms with Crippen LogP contribution in [-0.2, 0) is 0 Å². The molecule has 0 aromatic carbocycles. The molecular formula is C10H10F3N3O2. The summed E-state index contributed by atoms with van der Waals surface area (Å²) in [5.74, 6) is -1.69. The van der Waals surface area contributed by atoms with Crippen molar-refractivity contribution in [2.75, 3.05) is 11.1 Å². The van der Waals surface area contributed by atoms with Gasteiger partial charge in [0.15, 0.2) is 0 Å². The monoisotopic (exact) mass is 261 g/mol. The first-order chi connectivity index (χ1) is 8.25. The Balaban J connectivity index is 2.33. The first-order valence-corrected chi connectivity index (χ1v) is 5.09. The van der Waals surface area contributed by atoms with E-state index < -0.39 is 17.7 Å². The number of nitrogen functional groups attached to an aromatic ring is 1. The first-order valence-electron chi connectivity index (χ1n) is 5.09. The summed E-state index contributed by atoms with van der Waals surface area (Å²) >= 11 is 0. The van der Waals surface area contributed by atoms with E-state index in [4.69, 9.17) is 10.8 Å². The van der Waals surface area contributed by atoms with E-state index in [2.05, 4.69) is 10.3 Å². The molecule has 0 amide bonds. The molecule has 4 N–H and O–H groups in total. The minimum atomic E-state index is -4.44. The maximum atomic E-state index is 12.7. The number of nitrogens with zero attached hydrogens (tertiary/aromatic N) is 1. The van der Waals surface area contributed by atoms with Crippen molar-refractivity contribution in [2.45, 2.75) is 24.6 Å². The molecule has 0 unspecified atom stereocenters. The zero-order valence-corrected chi connectivity index (χ0v) is 9.08. The lowest BCUT2D eigenvalue weighted by Gasteiger charge is -2.22. The van der Waals surface area contributed by atoms with E-state index in [1.165, 1.54) is 0 Å². The van der Waals surface area contributed by atoms with Gasteiger partial charge in [-0.15, -0.1) is 0 Å². The number of carboxylic acid groups (broad SMARTS) is 1. The average molecular weight is 261 g/mol. The second-order valence-corrected chi connectivity index (χ2v) is 4.17. The predicted molar refractivity (Wildman–Crippen MR) is 57.3 cm³/mol. The second kappa shape index (κ2) is 3.76. The van der Waals surface area contributed by atoms with Crippen LogP contribution >= 0.6 is 0 Å². The van der Waals surface area contributed by atoms with Crippen LogP contribution in [0.25, 0.3) is 0 Å². The Morgan fingerprint density at radius 2 is 2.11 bits per heavy atom. The van der Waals surface area contributed by atoms with Gasteiger partial charge in [-0.25, -0.2) is 9.78 Å². The van der Waals surface area contributed by atoms with Gasteiger partial charge in [0.05, 0.1) is 11.9 Å². The van der Waals surface area contributed by atoms with E-state index in [9.17, 15) is 18.0 Å². The van der Waals surface area contributed by atoms with Crippen molar-refractivity contribution in [1.29, 1.82) is 0 Å². The fraction of sp³-hybridized carbons (Fsp3) is 0.400. The molecule has 0 spiro atoms. The fourth-order valence-electron chi connectivity index (χ4n) is 1.57. The SMILES string of the molecule is Nc1cnc(NC2(C(F)(F)F)CC2)c(C(=O)O)c1. The van der Waals surface area contributed by atoms with Crippen molar-refractivity contribution in [2.24, 2.45) is 0 Å². The van der Waals surface area contributed by atoms with E-state index in [1.807, 2.05) is 0 Å². The number of nitrogens with two attached hydrogens (primary N) is 1. The highest BCUT2D eigenvalue weighted by Gasteiger charge is 2.64. The quantitative estimate of drug-likeness (QED) is 0.773. The molecule has 1 aliphatic rings. The average Bonchev–Trinajstić information content (AvgIpc) is 3.00. The summed E-state index contributed by atoms with van der Waals surface area (Å²) in [5, 5.41) is 11.1. The zero-order chi connectivity index (χ0) is 13.6. The van der Waals surface area contributed by atoms with Crippen molar-refractivity contribution < 1.29 is 23.1 Å². The highest BCUT2D eigenvalue weighted by atomic mass is 19.4. The molecule has 0 saturated heterocycles. The molecule has 1 aromatic heterocycles. The molecule has 98 valence electrons. The Morgan fingerprint density at radius 3 is 2.56 bits per heavy atom. The van der Waals surface area contributed by atoms with Crippen molar-refractivity contribution in [1.82, 2.24) is 4.98 Å². The highest BCUT2D eigenvalue weighted by Crippen LogP contribution is 2.51. The number of rotatable bonds is 3. The molecule has 1 aliphatic carbocycles. The zero-order valence-electron chi connectivity index (χ0n) is 9.08. The summed E-state index contributed by atoms with van der Waals surface area (Å²) in [6.45, 7) is 0. The summed E-state index contributed by atoms with van der Waals surface area (Å²) < 4.78 is 38.2. The number of anilines is 2. The molecule has 1 heterocycles. The third-order valence-corrected chi connectivity index (χ3v) is 2.79. The van der Waals surface area contributed by atoms with E-state index in [-0.39, 0.29) is 29.9 Å². The Morgan fingerprint density at radius 1 is 1.50 bits per heavy atom. The van der Waals surface area contributed by atoms with Crippen LogP contribution in [0.4, 0.5) is 24.7 Å². The van der Waals surface area contributed by atoms with Crippen molar-refractivity contribution in [3.63, 3.8) is 0 Å². The predicted octanol–water partition coefficient (Wildman–Crippen LogP) is 1.87. The summed E-state index contributed by atoms with van der Waals surface area (Å²) in [5.41, 5.74) is 3.01. The maximum Gasteiger partial charge on any atom is 0.411 e. The smallest absolute Gasteiger partial charge is 0.411 e. The molecule has 8 heteroatoms. The van der Waals surface area contributed by atoms with Crippen LogP contribution < -0.4 is 11.1 Å². The molecule has 5 nitrogen and oxygen atoms in total. The van der Waals surface area contributed by atoms with Gasteiger partial charge in [-0.2, -0.15) is 13.2 Å². The lowest BCUT2D eigenvalue weighted by atomic mass is 10.2. The molecule has 0 aliphatic heterocycles. The van der Waals surface area contributed by atoms with Gasteiger partial charge in [0.2, 0.25) is 0 Å². The normalized spacial score (nSPS) is 17.3. The molecule has 2 rings (SSSR count). The lowest BCUT2D eigenvalue weighted by Crippen LogP contribution is -2.39. The van der Waals surface area contributed by atoms with Gasteiger partial charge in [0, 0.05) is 0 Å². The number of hydrogen-bond donors (Lipinski definition) is 3. The fourth-order valence-corrected chi connectivity index (χ4v) is 1.57. The van der Waals surface area contributed by atoms with E-state index in [1.54, 1.807) is 0 Å². The number of carbonyl (C=O) groups is 1. The number of pyridine rings is 1. The Labute approximate surface area is 99.8 Å². The number of halogens is 3. The Bertz CT molecular complexity index is 498. The summed E-state index contributed by atoms with van der Waals surface area (Å²) in [6.07, 6.45) is -3.52. The molecule has 0 bridgehead atoms. The number of aromatic carboxylic acids is 1. The van der Waals surface area contributed by atoms with E-state index >= 15 is 0 Å². The minimum absolute atomic E-state index is 0.0785. The molecular weight excluding hydrogens is 251 g/mol. The second-order valence-electron chi connectivity index (χ2n) is 4.17. The van der Waals surface area contributed by atoms with Gasteiger partial charge >= 0.3 is 12.1 Å². The minimum Gasteiger partial charge on any atom is -0.478 e. The molecule has 1 saturated carbocycles. The molecule has 0 radical (unpaired) electrons. The van der Waals surface area contributed by atoms with Gasteiger partial charge in [-0.05, 0) is 18.9 Å². The lowest BCUT2D eigenvalue weighted by molar-refractivity contribution is -0.151. The summed E-state index contributed by atoms with van der Waals surface area (Å²) in [4.78, 5) is 14.5. The standard InChI is InChI=1S/C10H10F3N3O2/c11-10(12,13)9(1-2-9)16-7-6(8(17)18)3-5(14)4-15-7/h3-4H,1-2,14H2,(H,15,16)(H,17,18). The van der Waals surface area contributed by atoms with Crippen LogP contribution in [0.15, 0.2) is 12.3 Å². The van der Waals surface area contributed by atoms with Crippen LogP contribution in [0.2, 0.25) is 0 Å². The Hall–Kier alpha value is -1.99. The van der Waals surface area contributed by atoms with Gasteiger partial charge in [-0.3, -0.25) is 0 Å². The van der Waals surface area contributed by atoms with Gasteiger partial charge in [0.1, 0.15) is 16.9 Å². The highest BCUT2D eigenvalue weighted by molar-refractivity contribution is 5.94. The van der Waals surface area contributed by atoms with Gasteiger partial charge in [0.25, 0.3) is 0 Å². The Kier molecular flexibility index (Phi) is 2.60. The number of nitrogens with one attached hydrogen (secondary N) is 1. The number of aromatic nitrogens is 1. The maximum absolute atomic E-state index is 12.7. The van der Waals surface area contributed by atoms with Crippen LogP contribution in [0.5, 0.6) is 0 Å². The number of carboxylic acids is 1. The van der Waals surface area contributed by atoms with Crippen LogP contribution in [0.3, 0.4) is 0 Å². The molecule has 0 atom stereocenters. The number of alkyl halides is 3. The topological polar surface area (TPSA) is 88.2 Å². The third-order valence-electron chi connectivity index (χ3n) is 2.79. The first kappa shape index (κ1) is 12.5. The molecule has 18 heavy (non-hydrogen) atoms. The molecule has 1 aromatic rings. The van der Waals surface area contributed by atoms with Crippen molar-refractivity contribution in [3.8, 4) is 0 Å². The summed E-state index contributed by atoms with van der Waals surface area (Å²) in [6, 6.07) is 1.07. The van der Waals surface area contributed by atoms with Crippen LogP contribution in [-0.4, -0.2) is 27.8 Å². The van der Waals surface area contributed by atoms with E-state index in [0.29, 0.717) is 0 Å². The van der Waals surface area contributed by atoms with Crippen LogP contribution in [0, 0.1) is 0 Å². The van der Waals surface area contributed by atoms with Crippen LogP contribution in [0.1, 0.15) is 23.2 Å².